The van der Waals surface area contributed by atoms with Crippen molar-refractivity contribution in [1.82, 2.24) is 4.98 Å². The zero-order chi connectivity index (χ0) is 19.9. The van der Waals surface area contributed by atoms with Gasteiger partial charge in [-0.2, -0.15) is 5.10 Å². The first-order valence-electron chi connectivity index (χ1n) is 8.82. The Bertz CT molecular complexity index is 981. The van der Waals surface area contributed by atoms with Gasteiger partial charge in [0.25, 0.3) is 0 Å². The number of hydrazone groups is 1. The fourth-order valence-corrected chi connectivity index (χ4v) is 3.01. The van der Waals surface area contributed by atoms with Crippen LogP contribution in [-0.2, 0) is 0 Å². The summed E-state index contributed by atoms with van der Waals surface area (Å²) in [7, 11) is 0. The lowest BCUT2D eigenvalue weighted by atomic mass is 10.1. The molecule has 2 aromatic carbocycles. The summed E-state index contributed by atoms with van der Waals surface area (Å²) in [6.45, 7) is 6.22. The van der Waals surface area contributed by atoms with Crippen LogP contribution in [0.25, 0.3) is 0 Å². The Morgan fingerprint density at radius 3 is 2.64 bits per heavy atom. The fraction of sp³-hybridized carbons (Fsp3) is 0.190. The van der Waals surface area contributed by atoms with Crippen LogP contribution in [0.2, 0.25) is 0 Å². The molecule has 6 nitrogen and oxygen atoms in total. The zero-order valence-electron chi connectivity index (χ0n) is 15.9. The van der Waals surface area contributed by atoms with E-state index in [1.807, 2.05) is 38.3 Å². The highest BCUT2D eigenvalue weighted by Gasteiger charge is 2.13. The quantitative estimate of drug-likeness (QED) is 0.269. The monoisotopic (exact) mass is 395 g/mol. The molecule has 0 aliphatic rings. The second-order valence-electron chi connectivity index (χ2n) is 6.06. The third-order valence-electron chi connectivity index (χ3n) is 3.75. The van der Waals surface area contributed by atoms with Gasteiger partial charge in [-0.25, -0.2) is 9.78 Å². The molecule has 0 atom stereocenters. The number of nitrogens with one attached hydrogen (secondary N) is 1. The molecule has 0 bridgehead atoms. The highest BCUT2D eigenvalue weighted by Crippen LogP contribution is 2.29. The van der Waals surface area contributed by atoms with Crippen molar-refractivity contribution in [3.05, 3.63) is 70.2 Å². The highest BCUT2D eigenvalue weighted by atomic mass is 32.1. The zero-order valence-corrected chi connectivity index (χ0v) is 16.7. The normalized spacial score (nSPS) is 10.8. The van der Waals surface area contributed by atoms with E-state index in [0.29, 0.717) is 23.7 Å². The maximum Gasteiger partial charge on any atom is 0.343 e. The molecule has 1 aromatic heterocycles. The van der Waals surface area contributed by atoms with Crippen LogP contribution in [0, 0.1) is 13.8 Å². The molecule has 0 saturated heterocycles. The predicted molar refractivity (Wildman–Crippen MR) is 112 cm³/mol. The van der Waals surface area contributed by atoms with Crippen molar-refractivity contribution < 1.29 is 14.3 Å². The maximum atomic E-state index is 12.4. The van der Waals surface area contributed by atoms with Gasteiger partial charge in [-0.05, 0) is 56.7 Å². The second kappa shape index (κ2) is 9.14. The van der Waals surface area contributed by atoms with Crippen LogP contribution in [0.5, 0.6) is 11.5 Å². The first-order valence-corrected chi connectivity index (χ1v) is 9.70. The Labute approximate surface area is 167 Å². The molecule has 0 unspecified atom stereocenters. The molecule has 3 aromatic rings. The molecule has 144 valence electrons. The summed E-state index contributed by atoms with van der Waals surface area (Å²) in [5.74, 6) is 0.424. The van der Waals surface area contributed by atoms with E-state index in [1.165, 1.54) is 11.3 Å². The fourth-order valence-electron chi connectivity index (χ4n) is 2.37. The summed E-state index contributed by atoms with van der Waals surface area (Å²) in [6, 6.07) is 12.5. The molecule has 1 heterocycles. The number of aromatic nitrogens is 1. The van der Waals surface area contributed by atoms with Crippen LogP contribution < -0.4 is 14.9 Å². The van der Waals surface area contributed by atoms with Crippen molar-refractivity contribution in [1.29, 1.82) is 0 Å². The minimum atomic E-state index is -0.428. The summed E-state index contributed by atoms with van der Waals surface area (Å²) >= 11 is 1.49. The molecule has 1 N–H and O–H groups in total. The van der Waals surface area contributed by atoms with Crippen molar-refractivity contribution in [3.63, 3.8) is 0 Å². The van der Waals surface area contributed by atoms with Gasteiger partial charge in [0.2, 0.25) is 5.13 Å². The van der Waals surface area contributed by atoms with Crippen molar-refractivity contribution in [2.45, 2.75) is 20.8 Å². The van der Waals surface area contributed by atoms with Crippen LogP contribution in [0.15, 0.2) is 52.9 Å². The first kappa shape index (κ1) is 19.6. The van der Waals surface area contributed by atoms with Crippen LogP contribution in [0.1, 0.15) is 34.1 Å². The minimum Gasteiger partial charge on any atom is -0.490 e. The number of anilines is 1. The molecule has 7 heteroatoms. The molecule has 0 radical (unpaired) electrons. The summed E-state index contributed by atoms with van der Waals surface area (Å²) in [4.78, 5) is 16.7. The van der Waals surface area contributed by atoms with Gasteiger partial charge in [0.1, 0.15) is 0 Å². The SMILES string of the molecule is CCOc1cc(C=NNc2nc(C)cs2)ccc1OC(=O)c1ccc(C)cc1. The number of rotatable bonds is 7. The Kier molecular flexibility index (Phi) is 6.39. The molecule has 0 aliphatic carbocycles. The molecule has 0 spiro atoms. The standard InChI is InChI=1S/C21H21N3O3S/c1-4-26-19-11-16(12-22-24-21-23-15(3)13-28-21)7-10-18(19)27-20(25)17-8-5-14(2)6-9-17/h5-13H,4H2,1-3H3,(H,23,24). The van der Waals surface area contributed by atoms with E-state index >= 15 is 0 Å². The lowest BCUT2D eigenvalue weighted by Crippen LogP contribution is -2.09. The van der Waals surface area contributed by atoms with Gasteiger partial charge in [-0.15, -0.1) is 11.3 Å². The van der Waals surface area contributed by atoms with E-state index in [-0.39, 0.29) is 0 Å². The van der Waals surface area contributed by atoms with Crippen molar-refractivity contribution in [3.8, 4) is 11.5 Å². The Morgan fingerprint density at radius 1 is 1.18 bits per heavy atom. The van der Waals surface area contributed by atoms with Gasteiger partial charge in [-0.1, -0.05) is 17.7 Å². The molecule has 0 aliphatic heterocycles. The maximum absolute atomic E-state index is 12.4. The number of ether oxygens (including phenoxy) is 2. The number of nitrogens with zero attached hydrogens (tertiary/aromatic N) is 2. The van der Waals surface area contributed by atoms with E-state index in [9.17, 15) is 4.79 Å². The number of carbonyl (C=O) groups is 1. The largest absolute Gasteiger partial charge is 0.490 e. The molecular weight excluding hydrogens is 374 g/mol. The smallest absolute Gasteiger partial charge is 0.343 e. The van der Waals surface area contributed by atoms with Crippen LogP contribution in [-0.4, -0.2) is 23.8 Å². The number of carbonyl (C=O) groups excluding carboxylic acids is 1. The number of hydrogen-bond acceptors (Lipinski definition) is 7. The second-order valence-corrected chi connectivity index (χ2v) is 6.92. The molecule has 0 saturated carbocycles. The topological polar surface area (TPSA) is 72.8 Å². The highest BCUT2D eigenvalue weighted by molar-refractivity contribution is 7.13. The third-order valence-corrected chi connectivity index (χ3v) is 4.62. The Morgan fingerprint density at radius 2 is 1.96 bits per heavy atom. The van der Waals surface area contributed by atoms with E-state index in [0.717, 1.165) is 22.0 Å². The first-order chi connectivity index (χ1) is 13.5. The van der Waals surface area contributed by atoms with Crippen LogP contribution in [0.4, 0.5) is 5.13 Å². The van der Waals surface area contributed by atoms with Gasteiger partial charge in [0.05, 0.1) is 24.1 Å². The van der Waals surface area contributed by atoms with Crippen molar-refractivity contribution in [2.75, 3.05) is 12.0 Å². The van der Waals surface area contributed by atoms with Gasteiger partial charge in [0.15, 0.2) is 11.5 Å². The minimum absolute atomic E-state index is 0.369. The van der Waals surface area contributed by atoms with Crippen molar-refractivity contribution in [2.24, 2.45) is 5.10 Å². The molecule has 0 amide bonds. The molecule has 3 rings (SSSR count). The average Bonchev–Trinajstić information content (AvgIpc) is 3.09. The van der Waals surface area contributed by atoms with Crippen LogP contribution in [0.3, 0.4) is 0 Å². The van der Waals surface area contributed by atoms with Gasteiger partial charge in [-0.3, -0.25) is 5.43 Å². The summed E-state index contributed by atoms with van der Waals surface area (Å²) in [5.41, 5.74) is 6.21. The number of hydrogen-bond donors (Lipinski definition) is 1. The third kappa shape index (κ3) is 5.17. The van der Waals surface area contributed by atoms with E-state index in [4.69, 9.17) is 9.47 Å². The Hall–Kier alpha value is -3.19. The molecule has 0 fully saturated rings. The van der Waals surface area contributed by atoms with Gasteiger partial charge < -0.3 is 9.47 Å². The number of benzene rings is 2. The van der Waals surface area contributed by atoms with Gasteiger partial charge in [0, 0.05) is 5.38 Å². The lowest BCUT2D eigenvalue weighted by Gasteiger charge is -2.11. The van der Waals surface area contributed by atoms with Crippen LogP contribution >= 0.6 is 11.3 Å². The lowest BCUT2D eigenvalue weighted by molar-refractivity contribution is 0.0728. The predicted octanol–water partition coefficient (Wildman–Crippen LogP) is 4.82. The van der Waals surface area contributed by atoms with Crippen molar-refractivity contribution >= 4 is 28.7 Å². The number of aryl methyl sites for hydroxylation is 2. The van der Waals surface area contributed by atoms with E-state index < -0.39 is 5.97 Å². The summed E-state index contributed by atoms with van der Waals surface area (Å²) < 4.78 is 11.2. The summed E-state index contributed by atoms with van der Waals surface area (Å²) in [6.07, 6.45) is 1.66. The van der Waals surface area contributed by atoms with E-state index in [2.05, 4.69) is 15.5 Å². The van der Waals surface area contributed by atoms with Gasteiger partial charge >= 0.3 is 5.97 Å². The average molecular weight is 395 g/mol. The number of esters is 1. The summed E-state index contributed by atoms with van der Waals surface area (Å²) in [5, 5.41) is 6.85. The molecule has 28 heavy (non-hydrogen) atoms. The van der Waals surface area contributed by atoms with E-state index in [1.54, 1.807) is 36.5 Å². The number of thiazole rings is 1. The Balaban J connectivity index is 1.72. The molecular formula is C21H21N3O3S.